The third-order valence-corrected chi connectivity index (χ3v) is 0.965. The van der Waals surface area contributed by atoms with Crippen LogP contribution in [0.5, 0.6) is 0 Å². The zero-order chi connectivity index (χ0) is 7.98. The molecule has 0 spiro atoms. The Kier molecular flexibility index (Phi) is 3.89. The molecule has 0 aliphatic rings. The topological polar surface area (TPSA) is 76.7 Å². The molecule has 1 amide bonds. The molecule has 0 aliphatic heterocycles. The lowest BCUT2D eigenvalue weighted by molar-refractivity contribution is -0.122. The van der Waals surface area contributed by atoms with Crippen molar-refractivity contribution in [3.8, 4) is 6.07 Å². The first-order valence-corrected chi connectivity index (χ1v) is 2.88. The highest BCUT2D eigenvalue weighted by Crippen LogP contribution is 1.88. The number of nitrogens with one attached hydrogen (secondary N) is 2. The van der Waals surface area contributed by atoms with Gasteiger partial charge in [-0.3, -0.25) is 4.79 Å². The molecule has 10 heavy (non-hydrogen) atoms. The van der Waals surface area contributed by atoms with E-state index in [1.165, 1.54) is 6.92 Å². The van der Waals surface area contributed by atoms with Crippen molar-refractivity contribution in [2.24, 2.45) is 5.92 Å². The summed E-state index contributed by atoms with van der Waals surface area (Å²) in [5.74, 6) is -0.953. The first-order valence-electron chi connectivity index (χ1n) is 2.88. The van der Waals surface area contributed by atoms with Crippen LogP contribution in [0.2, 0.25) is 0 Å². The summed E-state index contributed by atoms with van der Waals surface area (Å²) >= 11 is 0. The molecule has 0 fully saturated rings. The molecule has 0 radical (unpaired) electrons. The number of carbonyl (C=O) groups is 1. The van der Waals surface area contributed by atoms with Gasteiger partial charge in [-0.2, -0.15) is 5.26 Å². The van der Waals surface area contributed by atoms with Gasteiger partial charge in [-0.15, -0.1) is 0 Å². The van der Waals surface area contributed by atoms with Gasteiger partial charge in [-0.1, -0.05) is 0 Å². The summed E-state index contributed by atoms with van der Waals surface area (Å²) in [6.07, 6.45) is 1.07. The first-order chi connectivity index (χ1) is 4.72. The maximum atomic E-state index is 10.7. The number of hydrogen-bond acceptors (Lipinski definition) is 3. The molecule has 0 aromatic rings. The lowest BCUT2D eigenvalue weighted by Crippen LogP contribution is -2.29. The van der Waals surface area contributed by atoms with Gasteiger partial charge in [-0.25, -0.2) is 0 Å². The standard InChI is InChI=1S/C6H9N3O/c1-5(4-8)6(10)9-3-2-7/h2,5,7H,3H2,1H3,(H,9,10). The van der Waals surface area contributed by atoms with E-state index in [0.717, 1.165) is 6.21 Å². The van der Waals surface area contributed by atoms with E-state index in [9.17, 15) is 4.79 Å². The van der Waals surface area contributed by atoms with Crippen LogP contribution in [0.1, 0.15) is 6.92 Å². The summed E-state index contributed by atoms with van der Waals surface area (Å²) in [6.45, 7) is 1.71. The number of rotatable bonds is 3. The van der Waals surface area contributed by atoms with Gasteiger partial charge in [0.2, 0.25) is 5.91 Å². The average molecular weight is 139 g/mol. The van der Waals surface area contributed by atoms with Crippen molar-refractivity contribution < 1.29 is 4.79 Å². The van der Waals surface area contributed by atoms with Crippen molar-refractivity contribution in [1.29, 1.82) is 10.7 Å². The highest BCUT2D eigenvalue weighted by molar-refractivity contribution is 5.82. The molecule has 4 nitrogen and oxygen atoms in total. The van der Waals surface area contributed by atoms with Crippen LogP contribution in [-0.2, 0) is 4.79 Å². The Balaban J connectivity index is 3.64. The minimum absolute atomic E-state index is 0.199. The van der Waals surface area contributed by atoms with Gasteiger partial charge in [0, 0.05) is 6.21 Å². The molecule has 0 rings (SSSR count). The van der Waals surface area contributed by atoms with Crippen molar-refractivity contribution in [2.45, 2.75) is 6.92 Å². The smallest absolute Gasteiger partial charge is 0.237 e. The zero-order valence-corrected chi connectivity index (χ0v) is 5.72. The fourth-order valence-electron chi connectivity index (χ4n) is 0.363. The minimum atomic E-state index is -0.625. The summed E-state index contributed by atoms with van der Waals surface area (Å²) in [6, 6.07) is 1.79. The molecule has 0 saturated carbocycles. The number of nitriles is 1. The van der Waals surface area contributed by atoms with Gasteiger partial charge in [0.25, 0.3) is 0 Å². The van der Waals surface area contributed by atoms with E-state index in [0.29, 0.717) is 0 Å². The molecule has 0 aromatic carbocycles. The fraction of sp³-hybridized carbons (Fsp3) is 0.500. The van der Waals surface area contributed by atoms with Crippen molar-refractivity contribution >= 4 is 12.1 Å². The molecule has 0 bridgehead atoms. The van der Waals surface area contributed by atoms with Crippen molar-refractivity contribution in [3.05, 3.63) is 0 Å². The minimum Gasteiger partial charge on any atom is -0.350 e. The molecular weight excluding hydrogens is 130 g/mol. The second kappa shape index (κ2) is 4.50. The highest BCUT2D eigenvalue weighted by atomic mass is 16.1. The zero-order valence-electron chi connectivity index (χ0n) is 5.72. The molecule has 4 heteroatoms. The Hall–Kier alpha value is -1.37. The Morgan fingerprint density at radius 1 is 2.00 bits per heavy atom. The molecule has 0 heterocycles. The van der Waals surface area contributed by atoms with E-state index >= 15 is 0 Å². The van der Waals surface area contributed by atoms with Crippen LogP contribution < -0.4 is 5.32 Å². The Labute approximate surface area is 59.4 Å². The molecule has 0 saturated heterocycles. The predicted octanol–water partition coefficient (Wildman–Crippen LogP) is -0.0881. The van der Waals surface area contributed by atoms with Crippen LogP contribution in [-0.4, -0.2) is 18.7 Å². The van der Waals surface area contributed by atoms with Gasteiger partial charge >= 0.3 is 0 Å². The van der Waals surface area contributed by atoms with E-state index in [-0.39, 0.29) is 12.5 Å². The highest BCUT2D eigenvalue weighted by Gasteiger charge is 2.08. The van der Waals surface area contributed by atoms with E-state index in [1.54, 1.807) is 6.07 Å². The predicted molar refractivity (Wildman–Crippen MR) is 36.6 cm³/mol. The van der Waals surface area contributed by atoms with Crippen LogP contribution in [0.4, 0.5) is 0 Å². The van der Waals surface area contributed by atoms with Crippen LogP contribution in [0.15, 0.2) is 0 Å². The van der Waals surface area contributed by atoms with E-state index in [2.05, 4.69) is 5.32 Å². The molecule has 0 aromatic heterocycles. The van der Waals surface area contributed by atoms with Gasteiger partial charge in [-0.05, 0) is 6.92 Å². The van der Waals surface area contributed by atoms with Crippen LogP contribution in [0.25, 0.3) is 0 Å². The van der Waals surface area contributed by atoms with Crippen LogP contribution >= 0.6 is 0 Å². The Morgan fingerprint density at radius 3 is 3.00 bits per heavy atom. The van der Waals surface area contributed by atoms with E-state index in [1.807, 2.05) is 0 Å². The van der Waals surface area contributed by atoms with Gasteiger partial charge in [0.15, 0.2) is 0 Å². The largest absolute Gasteiger partial charge is 0.350 e. The average Bonchev–Trinajstić information content (AvgIpc) is 1.98. The third kappa shape index (κ3) is 2.82. The fourth-order valence-corrected chi connectivity index (χ4v) is 0.363. The molecule has 54 valence electrons. The van der Waals surface area contributed by atoms with Crippen LogP contribution in [0.3, 0.4) is 0 Å². The lowest BCUT2D eigenvalue weighted by atomic mass is 10.2. The SMILES string of the molecule is CC(C#N)C(=O)NCC=N. The van der Waals surface area contributed by atoms with E-state index in [4.69, 9.17) is 10.7 Å². The molecule has 2 N–H and O–H groups in total. The normalized spacial score (nSPS) is 11.2. The first kappa shape index (κ1) is 8.63. The number of hydrogen-bond donors (Lipinski definition) is 2. The second-order valence-electron chi connectivity index (χ2n) is 1.80. The maximum Gasteiger partial charge on any atom is 0.237 e. The van der Waals surface area contributed by atoms with Gasteiger partial charge in [0.1, 0.15) is 5.92 Å². The summed E-state index contributed by atoms with van der Waals surface area (Å²) < 4.78 is 0. The Bertz CT molecular complexity index is 170. The molecule has 1 unspecified atom stereocenters. The summed E-state index contributed by atoms with van der Waals surface area (Å²) in [5.41, 5.74) is 0. The number of amides is 1. The molecular formula is C6H9N3O. The monoisotopic (exact) mass is 139 g/mol. The lowest BCUT2D eigenvalue weighted by Gasteiger charge is -2.00. The molecule has 1 atom stereocenters. The number of carbonyl (C=O) groups excluding carboxylic acids is 1. The molecule has 0 aliphatic carbocycles. The van der Waals surface area contributed by atoms with Crippen LogP contribution in [0, 0.1) is 22.7 Å². The second-order valence-corrected chi connectivity index (χ2v) is 1.80. The Morgan fingerprint density at radius 2 is 2.60 bits per heavy atom. The van der Waals surface area contributed by atoms with Gasteiger partial charge < -0.3 is 10.7 Å². The van der Waals surface area contributed by atoms with Crippen molar-refractivity contribution in [2.75, 3.05) is 6.54 Å². The quantitative estimate of drug-likeness (QED) is 0.536. The van der Waals surface area contributed by atoms with Crippen molar-refractivity contribution in [1.82, 2.24) is 5.32 Å². The van der Waals surface area contributed by atoms with Gasteiger partial charge in [0.05, 0.1) is 12.6 Å². The van der Waals surface area contributed by atoms with E-state index < -0.39 is 5.92 Å². The maximum absolute atomic E-state index is 10.7. The third-order valence-electron chi connectivity index (χ3n) is 0.965. The van der Waals surface area contributed by atoms with Crippen molar-refractivity contribution in [3.63, 3.8) is 0 Å². The summed E-state index contributed by atoms with van der Waals surface area (Å²) in [7, 11) is 0. The number of nitrogens with zero attached hydrogens (tertiary/aromatic N) is 1. The summed E-state index contributed by atoms with van der Waals surface area (Å²) in [4.78, 5) is 10.7. The summed E-state index contributed by atoms with van der Waals surface area (Å²) in [5, 5.41) is 17.2.